The first-order valence-corrected chi connectivity index (χ1v) is 7.74. The van der Waals surface area contributed by atoms with Crippen molar-refractivity contribution in [2.24, 2.45) is 0 Å². The number of hydrogen-bond donors (Lipinski definition) is 0. The normalized spacial score (nSPS) is 11.3. The van der Waals surface area contributed by atoms with Crippen LogP contribution in [0.2, 0.25) is 0 Å². The third-order valence-electron chi connectivity index (χ3n) is 3.94. The standard InChI is InChI=1S/C21H19FO/c22-16-17-23-21(18-10-4-1-5-11-18,19-12-6-2-7-13-19)20-14-8-3-9-15-20/h1-15H,16-17H2. The van der Waals surface area contributed by atoms with Crippen LogP contribution in [0.4, 0.5) is 4.39 Å². The lowest BCUT2D eigenvalue weighted by atomic mass is 9.80. The molecule has 23 heavy (non-hydrogen) atoms. The summed E-state index contributed by atoms with van der Waals surface area (Å²) in [6, 6.07) is 30.0. The number of rotatable bonds is 6. The number of benzene rings is 3. The predicted octanol–water partition coefficient (Wildman–Crippen LogP) is 4.96. The summed E-state index contributed by atoms with van der Waals surface area (Å²) in [5.74, 6) is 0. The number of alkyl halides is 1. The van der Waals surface area contributed by atoms with E-state index in [2.05, 4.69) is 0 Å². The Morgan fingerprint density at radius 3 is 1.26 bits per heavy atom. The summed E-state index contributed by atoms with van der Waals surface area (Å²) < 4.78 is 19.1. The Morgan fingerprint density at radius 2 is 0.957 bits per heavy atom. The molecule has 0 aliphatic carbocycles. The molecule has 0 N–H and O–H groups in total. The van der Waals surface area contributed by atoms with E-state index in [9.17, 15) is 4.39 Å². The topological polar surface area (TPSA) is 9.23 Å². The summed E-state index contributed by atoms with van der Waals surface area (Å²) in [6.45, 7) is -0.479. The highest BCUT2D eigenvalue weighted by atomic mass is 19.1. The van der Waals surface area contributed by atoms with Crippen molar-refractivity contribution in [3.8, 4) is 0 Å². The SMILES string of the molecule is FCCOC(c1ccccc1)(c1ccccc1)c1ccccc1. The third kappa shape index (κ3) is 3.03. The van der Waals surface area contributed by atoms with Crippen LogP contribution in [0.1, 0.15) is 16.7 Å². The zero-order valence-corrected chi connectivity index (χ0v) is 12.9. The van der Waals surface area contributed by atoms with Gasteiger partial charge < -0.3 is 4.74 Å². The minimum Gasteiger partial charge on any atom is -0.358 e. The zero-order chi connectivity index (χ0) is 16.0. The summed E-state index contributed by atoms with van der Waals surface area (Å²) in [7, 11) is 0. The Balaban J connectivity index is 2.25. The molecule has 0 spiro atoms. The first kappa shape index (κ1) is 15.4. The van der Waals surface area contributed by atoms with E-state index >= 15 is 0 Å². The molecular formula is C21H19FO. The average molecular weight is 306 g/mol. The van der Waals surface area contributed by atoms with Gasteiger partial charge in [0.25, 0.3) is 0 Å². The van der Waals surface area contributed by atoms with Gasteiger partial charge in [-0.1, -0.05) is 91.0 Å². The smallest absolute Gasteiger partial charge is 0.143 e. The van der Waals surface area contributed by atoms with Gasteiger partial charge in [-0.2, -0.15) is 0 Å². The van der Waals surface area contributed by atoms with Gasteiger partial charge in [-0.25, -0.2) is 4.39 Å². The van der Waals surface area contributed by atoms with Gasteiger partial charge in [0.05, 0.1) is 6.61 Å². The molecular weight excluding hydrogens is 287 g/mol. The Bertz CT molecular complexity index is 614. The second kappa shape index (κ2) is 7.21. The first-order valence-electron chi connectivity index (χ1n) is 7.74. The molecule has 0 amide bonds. The summed E-state index contributed by atoms with van der Waals surface area (Å²) in [6.07, 6.45) is 0. The summed E-state index contributed by atoms with van der Waals surface area (Å²) in [5.41, 5.74) is 2.16. The van der Waals surface area contributed by atoms with Crippen LogP contribution in [-0.4, -0.2) is 13.3 Å². The first-order chi connectivity index (χ1) is 11.4. The van der Waals surface area contributed by atoms with Gasteiger partial charge in [0.2, 0.25) is 0 Å². The summed E-state index contributed by atoms with van der Waals surface area (Å²) in [5, 5.41) is 0. The van der Waals surface area contributed by atoms with Gasteiger partial charge in [-0.3, -0.25) is 0 Å². The minimum atomic E-state index is -0.810. The highest BCUT2D eigenvalue weighted by Crippen LogP contribution is 2.40. The van der Waals surface area contributed by atoms with Crippen LogP contribution in [-0.2, 0) is 10.3 Å². The van der Waals surface area contributed by atoms with Crippen molar-refractivity contribution in [2.45, 2.75) is 5.60 Å². The lowest BCUT2D eigenvalue weighted by molar-refractivity contribution is 0.00580. The van der Waals surface area contributed by atoms with Crippen LogP contribution in [0.3, 0.4) is 0 Å². The molecule has 0 saturated heterocycles. The number of hydrogen-bond acceptors (Lipinski definition) is 1. The predicted molar refractivity (Wildman–Crippen MR) is 91.1 cm³/mol. The van der Waals surface area contributed by atoms with Crippen molar-refractivity contribution in [1.29, 1.82) is 0 Å². The maximum Gasteiger partial charge on any atom is 0.143 e. The average Bonchev–Trinajstić information content (AvgIpc) is 2.65. The second-order valence-electron chi connectivity index (χ2n) is 5.32. The maximum atomic E-state index is 12.9. The van der Waals surface area contributed by atoms with Crippen LogP contribution in [0.15, 0.2) is 91.0 Å². The van der Waals surface area contributed by atoms with Gasteiger partial charge in [-0.15, -0.1) is 0 Å². The lowest BCUT2D eigenvalue weighted by Crippen LogP contribution is -2.33. The monoisotopic (exact) mass is 306 g/mol. The molecule has 0 fully saturated rings. The van der Waals surface area contributed by atoms with E-state index in [4.69, 9.17) is 4.74 Å². The fraction of sp³-hybridized carbons (Fsp3) is 0.143. The van der Waals surface area contributed by atoms with Crippen molar-refractivity contribution in [3.05, 3.63) is 108 Å². The molecule has 1 nitrogen and oxygen atoms in total. The van der Waals surface area contributed by atoms with E-state index in [0.29, 0.717) is 0 Å². The number of halogens is 1. The Hall–Kier alpha value is -2.45. The molecule has 3 aromatic carbocycles. The molecule has 3 rings (SSSR count). The molecule has 3 aromatic rings. The Kier molecular flexibility index (Phi) is 4.84. The number of ether oxygens (including phenoxy) is 1. The molecule has 0 aliphatic rings. The molecule has 116 valence electrons. The fourth-order valence-corrected chi connectivity index (χ4v) is 2.96. The van der Waals surface area contributed by atoms with Crippen molar-refractivity contribution in [1.82, 2.24) is 0 Å². The van der Waals surface area contributed by atoms with Crippen molar-refractivity contribution >= 4 is 0 Å². The fourth-order valence-electron chi connectivity index (χ4n) is 2.96. The van der Waals surface area contributed by atoms with Gasteiger partial charge >= 0.3 is 0 Å². The van der Waals surface area contributed by atoms with E-state index in [1.54, 1.807) is 0 Å². The summed E-state index contributed by atoms with van der Waals surface area (Å²) >= 11 is 0. The van der Waals surface area contributed by atoms with Crippen LogP contribution >= 0.6 is 0 Å². The van der Waals surface area contributed by atoms with Gasteiger partial charge in [0.1, 0.15) is 12.3 Å². The molecule has 0 aliphatic heterocycles. The van der Waals surface area contributed by atoms with Crippen molar-refractivity contribution in [3.63, 3.8) is 0 Å². The zero-order valence-electron chi connectivity index (χ0n) is 12.9. The quantitative estimate of drug-likeness (QED) is 0.585. The van der Waals surface area contributed by atoms with Crippen LogP contribution < -0.4 is 0 Å². The molecule has 0 unspecified atom stereocenters. The van der Waals surface area contributed by atoms with E-state index in [1.165, 1.54) is 0 Å². The van der Waals surface area contributed by atoms with E-state index < -0.39 is 12.3 Å². The van der Waals surface area contributed by atoms with Gasteiger partial charge in [0.15, 0.2) is 0 Å². The third-order valence-corrected chi connectivity index (χ3v) is 3.94. The Labute approximate surface area is 136 Å². The van der Waals surface area contributed by atoms with Crippen LogP contribution in [0, 0.1) is 0 Å². The lowest BCUT2D eigenvalue weighted by Gasteiger charge is -2.35. The van der Waals surface area contributed by atoms with Crippen molar-refractivity contribution < 1.29 is 9.13 Å². The molecule has 2 heteroatoms. The molecule has 0 bridgehead atoms. The van der Waals surface area contributed by atoms with Gasteiger partial charge in [-0.05, 0) is 16.7 Å². The minimum absolute atomic E-state index is 0.0404. The Morgan fingerprint density at radius 1 is 0.609 bits per heavy atom. The van der Waals surface area contributed by atoms with Crippen LogP contribution in [0.25, 0.3) is 0 Å². The molecule has 0 atom stereocenters. The van der Waals surface area contributed by atoms with E-state index in [0.717, 1.165) is 16.7 Å². The van der Waals surface area contributed by atoms with Gasteiger partial charge in [0, 0.05) is 0 Å². The summed E-state index contributed by atoms with van der Waals surface area (Å²) in [4.78, 5) is 0. The maximum absolute atomic E-state index is 12.9. The molecule has 0 aromatic heterocycles. The van der Waals surface area contributed by atoms with Crippen molar-refractivity contribution in [2.75, 3.05) is 13.3 Å². The molecule has 0 radical (unpaired) electrons. The highest BCUT2D eigenvalue weighted by molar-refractivity contribution is 5.47. The van der Waals surface area contributed by atoms with Crippen LogP contribution in [0.5, 0.6) is 0 Å². The second-order valence-corrected chi connectivity index (χ2v) is 5.32. The van der Waals surface area contributed by atoms with E-state index in [1.807, 2.05) is 91.0 Å². The molecule has 0 saturated carbocycles. The largest absolute Gasteiger partial charge is 0.358 e. The highest BCUT2D eigenvalue weighted by Gasteiger charge is 2.37. The van der Waals surface area contributed by atoms with E-state index in [-0.39, 0.29) is 6.61 Å². The molecule has 0 heterocycles.